The van der Waals surface area contributed by atoms with Crippen molar-refractivity contribution in [3.8, 4) is 0 Å². The van der Waals surface area contributed by atoms with E-state index in [1.807, 2.05) is 46.7 Å². The highest BCUT2D eigenvalue weighted by Gasteiger charge is 2.54. The maximum absolute atomic E-state index is 14.3. The van der Waals surface area contributed by atoms with Crippen molar-refractivity contribution < 1.29 is 63.2 Å². The van der Waals surface area contributed by atoms with E-state index in [-0.39, 0.29) is 31.4 Å². The van der Waals surface area contributed by atoms with E-state index in [9.17, 15) is 25.2 Å². The van der Waals surface area contributed by atoms with Crippen molar-refractivity contribution in [3.63, 3.8) is 0 Å². The number of aliphatic hydroxyl groups excluding tert-OH is 3. The molecule has 0 aliphatic carbocycles. The fourth-order valence-corrected chi connectivity index (χ4v) is 8.87. The van der Waals surface area contributed by atoms with Crippen LogP contribution in [0.1, 0.15) is 94.9 Å². The molecule has 316 valence electrons. The van der Waals surface area contributed by atoms with Gasteiger partial charge in [0.05, 0.1) is 53.4 Å². The molecule has 4 N–H and O–H groups in total. The number of carbonyl (C=O) groups is 1. The van der Waals surface area contributed by atoms with Gasteiger partial charge in [-0.05, 0) is 74.9 Å². The zero-order valence-electron chi connectivity index (χ0n) is 35.3. The summed E-state index contributed by atoms with van der Waals surface area (Å²) in [6, 6.07) is -0.266. The summed E-state index contributed by atoms with van der Waals surface area (Å²) < 4.78 is 44.4. The minimum atomic E-state index is -1.88. The Balaban J connectivity index is 2.27. The Labute approximate surface area is 322 Å². The van der Waals surface area contributed by atoms with Crippen LogP contribution in [0.4, 0.5) is 0 Å². The molecule has 3 aliphatic rings. The zero-order chi connectivity index (χ0) is 41.1. The molecule has 3 heterocycles. The number of cyclic esters (lactones) is 1. The Morgan fingerprint density at radius 3 is 2.02 bits per heavy atom. The number of rotatable bonds is 9. The number of methoxy groups -OCH3 is 2. The smallest absolute Gasteiger partial charge is 0.311 e. The average molecular weight is 777 g/mol. The van der Waals surface area contributed by atoms with Gasteiger partial charge in [-0.3, -0.25) is 4.79 Å². The minimum absolute atomic E-state index is 0.143. The number of hydrogen-bond donors (Lipinski definition) is 4. The second kappa shape index (κ2) is 18.8. The Hall–Kier alpha value is -1.50. The maximum Gasteiger partial charge on any atom is 0.311 e. The van der Waals surface area contributed by atoms with Crippen LogP contribution in [0.2, 0.25) is 0 Å². The summed E-state index contributed by atoms with van der Waals surface area (Å²) in [6.07, 6.45) is -8.10. The highest BCUT2D eigenvalue weighted by molar-refractivity contribution is 5.88. The van der Waals surface area contributed by atoms with Crippen molar-refractivity contribution in [2.75, 3.05) is 35.4 Å². The number of carbonyl (C=O) groups excluding carboxylic acids is 1. The van der Waals surface area contributed by atoms with Crippen molar-refractivity contribution in [2.24, 2.45) is 28.8 Å². The van der Waals surface area contributed by atoms with Crippen molar-refractivity contribution in [1.82, 2.24) is 4.90 Å². The molecule has 3 aliphatic heterocycles. The quantitative estimate of drug-likeness (QED) is 0.198. The van der Waals surface area contributed by atoms with Crippen LogP contribution in [0.25, 0.3) is 0 Å². The third-order valence-electron chi connectivity index (χ3n) is 12.5. The molecule has 3 fully saturated rings. The fourth-order valence-electron chi connectivity index (χ4n) is 8.87. The van der Waals surface area contributed by atoms with Crippen LogP contribution in [0, 0.1) is 23.7 Å². The van der Waals surface area contributed by atoms with Crippen LogP contribution in [0.15, 0.2) is 5.16 Å². The SMILES string of the molecule is CC[C@H]1OC(=O)[C@H](C)[C@@H](O[C@H]2C[C@@](C)(OC)[C@@H](O)[C@H](C)O2)[C@H](C)[C@@H](O[C@@H]2O[C@H](C)C[C@H](N(C)C)[C@H]2O)[C@](C)(OC)C[C@@H](C)/C(=N\OC)[C@H](C)[C@@H](O)[C@]1(C)O. The van der Waals surface area contributed by atoms with Gasteiger partial charge in [0, 0.05) is 44.4 Å². The zero-order valence-corrected chi connectivity index (χ0v) is 35.3. The van der Waals surface area contributed by atoms with Gasteiger partial charge in [-0.25, -0.2) is 0 Å². The van der Waals surface area contributed by atoms with Gasteiger partial charge in [-0.2, -0.15) is 0 Å². The Morgan fingerprint density at radius 1 is 0.870 bits per heavy atom. The first-order valence-electron chi connectivity index (χ1n) is 19.5. The number of esters is 1. The summed E-state index contributed by atoms with van der Waals surface area (Å²) in [5.41, 5.74) is -3.61. The van der Waals surface area contributed by atoms with Crippen molar-refractivity contribution in [2.45, 2.75) is 179 Å². The first-order valence-corrected chi connectivity index (χ1v) is 19.5. The number of ether oxygens (including phenoxy) is 7. The molecule has 0 aromatic rings. The molecule has 0 bridgehead atoms. The van der Waals surface area contributed by atoms with Crippen LogP contribution in [-0.2, 0) is 42.8 Å². The van der Waals surface area contributed by atoms with Crippen LogP contribution < -0.4 is 0 Å². The summed E-state index contributed by atoms with van der Waals surface area (Å²) in [5.74, 6) is -3.49. The second-order valence-corrected chi connectivity index (χ2v) is 16.9. The highest BCUT2D eigenvalue weighted by atomic mass is 16.7. The third-order valence-corrected chi connectivity index (χ3v) is 12.5. The maximum atomic E-state index is 14.3. The van der Waals surface area contributed by atoms with E-state index in [0.717, 1.165) is 0 Å². The van der Waals surface area contributed by atoms with Gasteiger partial charge in [0.15, 0.2) is 12.6 Å². The molecule has 0 amide bonds. The van der Waals surface area contributed by atoms with Gasteiger partial charge >= 0.3 is 5.97 Å². The van der Waals surface area contributed by atoms with E-state index >= 15 is 0 Å². The molecule has 0 aromatic carbocycles. The molecule has 3 rings (SSSR count). The molecule has 3 saturated heterocycles. The summed E-state index contributed by atoms with van der Waals surface area (Å²) in [6.45, 7) is 17.8. The monoisotopic (exact) mass is 777 g/mol. The third kappa shape index (κ3) is 9.95. The largest absolute Gasteiger partial charge is 0.459 e. The average Bonchev–Trinajstić information content (AvgIpc) is 3.11. The lowest BCUT2D eigenvalue weighted by Gasteiger charge is -2.50. The number of hydrogen-bond acceptors (Lipinski definition) is 15. The predicted octanol–water partition coefficient (Wildman–Crippen LogP) is 2.87. The van der Waals surface area contributed by atoms with E-state index in [4.69, 9.17) is 38.0 Å². The van der Waals surface area contributed by atoms with Gasteiger partial charge in [0.2, 0.25) is 0 Å². The number of nitrogens with zero attached hydrogens (tertiary/aromatic N) is 2. The van der Waals surface area contributed by atoms with Crippen LogP contribution in [0.5, 0.6) is 0 Å². The van der Waals surface area contributed by atoms with E-state index in [1.54, 1.807) is 41.7 Å². The first-order chi connectivity index (χ1) is 25.0. The number of oxime groups is 1. The van der Waals surface area contributed by atoms with Gasteiger partial charge in [0.1, 0.15) is 31.0 Å². The van der Waals surface area contributed by atoms with Gasteiger partial charge in [0.25, 0.3) is 0 Å². The van der Waals surface area contributed by atoms with Gasteiger partial charge < -0.3 is 63.3 Å². The van der Waals surface area contributed by atoms with Crippen molar-refractivity contribution in [3.05, 3.63) is 0 Å². The van der Waals surface area contributed by atoms with Crippen LogP contribution in [-0.4, -0.2) is 157 Å². The summed E-state index contributed by atoms with van der Waals surface area (Å²) in [5, 5.41) is 50.6. The molecular weight excluding hydrogens is 704 g/mol. The second-order valence-electron chi connectivity index (χ2n) is 16.9. The van der Waals surface area contributed by atoms with E-state index < -0.39 is 102 Å². The lowest BCUT2D eigenvalue weighted by molar-refractivity contribution is -0.319. The normalized spacial score (nSPS) is 48.3. The molecule has 0 unspecified atom stereocenters. The number of aliphatic hydroxyl groups is 4. The molecule has 15 nitrogen and oxygen atoms in total. The lowest BCUT2D eigenvalue weighted by atomic mass is 9.73. The summed E-state index contributed by atoms with van der Waals surface area (Å²) >= 11 is 0. The van der Waals surface area contributed by atoms with Crippen molar-refractivity contribution in [1.29, 1.82) is 0 Å². The Kier molecular flexibility index (Phi) is 16.4. The number of likely N-dealkylation sites (N-methyl/N-ethyl adjacent to an activating group) is 1. The molecule has 15 heteroatoms. The molecule has 18 atom stereocenters. The van der Waals surface area contributed by atoms with Gasteiger partial charge in [-0.1, -0.05) is 32.9 Å². The molecular formula is C39H72N2O13. The molecule has 54 heavy (non-hydrogen) atoms. The van der Waals surface area contributed by atoms with E-state index in [0.29, 0.717) is 12.1 Å². The van der Waals surface area contributed by atoms with Gasteiger partial charge in [-0.15, -0.1) is 0 Å². The van der Waals surface area contributed by atoms with E-state index in [2.05, 4.69) is 5.16 Å². The van der Waals surface area contributed by atoms with Crippen LogP contribution >= 0.6 is 0 Å². The Bertz CT molecular complexity index is 1240. The molecule has 0 aromatic heterocycles. The van der Waals surface area contributed by atoms with E-state index in [1.165, 1.54) is 21.1 Å². The van der Waals surface area contributed by atoms with Crippen LogP contribution in [0.3, 0.4) is 0 Å². The molecule has 0 radical (unpaired) electrons. The topological polar surface area (TPSA) is 187 Å². The predicted molar refractivity (Wildman–Crippen MR) is 200 cm³/mol. The summed E-state index contributed by atoms with van der Waals surface area (Å²) in [4.78, 5) is 21.5. The minimum Gasteiger partial charge on any atom is -0.459 e. The summed E-state index contributed by atoms with van der Waals surface area (Å²) in [7, 11) is 8.29. The molecule has 0 spiro atoms. The first kappa shape index (κ1) is 46.9. The fraction of sp³-hybridized carbons (Fsp3) is 0.949. The lowest BCUT2D eigenvalue weighted by Crippen LogP contribution is -2.61. The standard InChI is InChI=1S/C39H72N2O13/c1-16-27-39(10,46)32(43)22(4)29(40-49-15)20(2)18-38(9,48-14)34(54-36-30(42)26(41(11)12)17-21(3)50-36)23(5)31(24(6)35(45)52-27)53-28-19-37(8,47-13)33(44)25(7)51-28/h20-28,30-34,36,42-44,46H,16-19H2,1-15H3/b40-29+/t20-,21-,22+,23+,24-,25+,26+,27-,28+,30-,31+,32-,33+,34-,36+,37-,38-,39-/m1/s1. The Morgan fingerprint density at radius 2 is 1.48 bits per heavy atom. The van der Waals surface area contributed by atoms with Crippen molar-refractivity contribution >= 4 is 11.7 Å². The highest BCUT2D eigenvalue weighted by Crippen LogP contribution is 2.42. The molecule has 0 saturated carbocycles.